The third-order valence-corrected chi connectivity index (χ3v) is 5.25. The Kier molecular flexibility index (Phi) is 6.07. The number of piperidine rings is 1. The molecule has 0 unspecified atom stereocenters. The first kappa shape index (κ1) is 18.5. The second-order valence-electron chi connectivity index (χ2n) is 7.23. The summed E-state index contributed by atoms with van der Waals surface area (Å²) in [5.74, 6) is -1.30. The molecule has 1 saturated heterocycles. The van der Waals surface area contributed by atoms with Gasteiger partial charge in [0.15, 0.2) is 0 Å². The smallest absolute Gasteiger partial charge is 0.329 e. The summed E-state index contributed by atoms with van der Waals surface area (Å²) in [6, 6.07) is -0.0420. The van der Waals surface area contributed by atoms with Crippen LogP contribution in [0.25, 0.3) is 0 Å². The first-order valence-corrected chi connectivity index (χ1v) is 8.87. The zero-order valence-electron chi connectivity index (χ0n) is 14.7. The van der Waals surface area contributed by atoms with E-state index in [0.717, 1.165) is 25.7 Å². The second kappa shape index (κ2) is 7.85. The van der Waals surface area contributed by atoms with Gasteiger partial charge in [0.25, 0.3) is 0 Å². The zero-order chi connectivity index (χ0) is 17.7. The molecule has 1 saturated carbocycles. The van der Waals surface area contributed by atoms with E-state index in [0.29, 0.717) is 38.8 Å². The van der Waals surface area contributed by atoms with Gasteiger partial charge in [-0.2, -0.15) is 0 Å². The Hall–Kier alpha value is -1.79. The fourth-order valence-corrected chi connectivity index (χ4v) is 3.68. The number of carbonyl (C=O) groups is 3. The van der Waals surface area contributed by atoms with Gasteiger partial charge in [-0.25, -0.2) is 9.59 Å². The van der Waals surface area contributed by atoms with E-state index in [1.165, 1.54) is 4.90 Å². The van der Waals surface area contributed by atoms with Crippen LogP contribution in [-0.2, 0) is 9.59 Å². The van der Waals surface area contributed by atoms with Gasteiger partial charge in [0.2, 0.25) is 5.91 Å². The van der Waals surface area contributed by atoms with Crippen molar-refractivity contribution in [3.8, 4) is 0 Å². The van der Waals surface area contributed by atoms with E-state index in [9.17, 15) is 19.5 Å². The summed E-state index contributed by atoms with van der Waals surface area (Å²) >= 11 is 0. The van der Waals surface area contributed by atoms with Crippen LogP contribution in [0.15, 0.2) is 0 Å². The Labute approximate surface area is 143 Å². The van der Waals surface area contributed by atoms with Gasteiger partial charge in [-0.15, -0.1) is 0 Å². The summed E-state index contributed by atoms with van der Waals surface area (Å²) in [7, 11) is 3.42. The summed E-state index contributed by atoms with van der Waals surface area (Å²) < 4.78 is 0. The lowest BCUT2D eigenvalue weighted by atomic mass is 9.88. The van der Waals surface area contributed by atoms with Gasteiger partial charge in [0.05, 0.1) is 0 Å². The Balaban J connectivity index is 1.94. The molecule has 3 amide bonds. The van der Waals surface area contributed by atoms with Crippen molar-refractivity contribution >= 4 is 17.9 Å². The molecule has 2 rings (SSSR count). The van der Waals surface area contributed by atoms with E-state index < -0.39 is 11.5 Å². The highest BCUT2D eigenvalue weighted by molar-refractivity contribution is 5.88. The number of nitrogens with zero attached hydrogens (tertiary/aromatic N) is 2. The fraction of sp³-hybridized carbons (Fsp3) is 0.824. The Morgan fingerprint density at radius 3 is 2.04 bits per heavy atom. The van der Waals surface area contributed by atoms with Gasteiger partial charge in [0, 0.05) is 33.1 Å². The molecule has 2 aliphatic rings. The van der Waals surface area contributed by atoms with E-state index in [1.54, 1.807) is 19.0 Å². The van der Waals surface area contributed by atoms with Gasteiger partial charge in [-0.3, -0.25) is 4.79 Å². The lowest BCUT2D eigenvalue weighted by Crippen LogP contribution is -2.56. The minimum Gasteiger partial charge on any atom is -0.480 e. The third kappa shape index (κ3) is 4.19. The van der Waals surface area contributed by atoms with E-state index >= 15 is 0 Å². The molecule has 1 aliphatic carbocycles. The van der Waals surface area contributed by atoms with Crippen LogP contribution in [0.1, 0.15) is 51.4 Å². The SMILES string of the molecule is CN(C)C(=O)N1CCC(C(=O)NC2(C(=O)O)CCCCCC2)CC1. The van der Waals surface area contributed by atoms with Gasteiger partial charge < -0.3 is 20.2 Å². The average Bonchev–Trinajstić information content (AvgIpc) is 2.80. The lowest BCUT2D eigenvalue weighted by molar-refractivity contribution is -0.149. The zero-order valence-corrected chi connectivity index (χ0v) is 14.7. The maximum Gasteiger partial charge on any atom is 0.329 e. The number of likely N-dealkylation sites (tertiary alicyclic amines) is 1. The molecule has 1 heterocycles. The molecule has 7 heteroatoms. The fourth-order valence-electron chi connectivity index (χ4n) is 3.68. The molecule has 0 aromatic carbocycles. The molecular weight excluding hydrogens is 310 g/mol. The van der Waals surface area contributed by atoms with Gasteiger partial charge in [-0.05, 0) is 25.7 Å². The number of amides is 3. The topological polar surface area (TPSA) is 90.0 Å². The molecule has 0 aromatic rings. The summed E-state index contributed by atoms with van der Waals surface area (Å²) in [4.78, 5) is 39.6. The van der Waals surface area contributed by atoms with Crippen molar-refractivity contribution < 1.29 is 19.5 Å². The lowest BCUT2D eigenvalue weighted by Gasteiger charge is -2.35. The largest absolute Gasteiger partial charge is 0.480 e. The standard InChI is InChI=1S/C17H29N3O4/c1-19(2)16(24)20-11-7-13(8-12-20)14(21)18-17(15(22)23)9-5-3-4-6-10-17/h13H,3-12H2,1-2H3,(H,18,21)(H,22,23). The predicted octanol–water partition coefficient (Wildman–Crippen LogP) is 1.67. The van der Waals surface area contributed by atoms with Crippen molar-refractivity contribution in [3.63, 3.8) is 0 Å². The van der Waals surface area contributed by atoms with Crippen LogP contribution in [-0.4, -0.2) is 65.5 Å². The molecule has 0 atom stereocenters. The van der Waals surface area contributed by atoms with E-state index in [4.69, 9.17) is 0 Å². The van der Waals surface area contributed by atoms with E-state index in [2.05, 4.69) is 5.32 Å². The minimum absolute atomic E-state index is 0.0420. The Bertz CT molecular complexity index is 476. The van der Waals surface area contributed by atoms with Crippen LogP contribution in [0.2, 0.25) is 0 Å². The first-order chi connectivity index (χ1) is 11.4. The molecule has 7 nitrogen and oxygen atoms in total. The third-order valence-electron chi connectivity index (χ3n) is 5.25. The van der Waals surface area contributed by atoms with Crippen LogP contribution < -0.4 is 5.32 Å². The molecule has 2 N–H and O–H groups in total. The molecule has 0 radical (unpaired) electrons. The van der Waals surface area contributed by atoms with Crippen molar-refractivity contribution in [2.24, 2.45) is 5.92 Å². The minimum atomic E-state index is -1.11. The Morgan fingerprint density at radius 2 is 1.58 bits per heavy atom. The quantitative estimate of drug-likeness (QED) is 0.766. The molecule has 2 fully saturated rings. The van der Waals surface area contributed by atoms with E-state index in [1.807, 2.05) is 0 Å². The van der Waals surface area contributed by atoms with E-state index in [-0.39, 0.29) is 17.9 Å². The number of carbonyl (C=O) groups excluding carboxylic acids is 2. The normalized spacial score (nSPS) is 21.7. The number of carboxylic acids is 1. The van der Waals surface area contributed by atoms with Crippen molar-refractivity contribution in [1.29, 1.82) is 0 Å². The van der Waals surface area contributed by atoms with Crippen molar-refractivity contribution in [3.05, 3.63) is 0 Å². The van der Waals surface area contributed by atoms with Gasteiger partial charge in [0.1, 0.15) is 5.54 Å². The monoisotopic (exact) mass is 339 g/mol. The summed E-state index contributed by atoms with van der Waals surface area (Å²) in [6.07, 6.45) is 5.90. The van der Waals surface area contributed by atoms with Crippen LogP contribution >= 0.6 is 0 Å². The summed E-state index contributed by atoms with van der Waals surface area (Å²) in [5.41, 5.74) is -1.11. The predicted molar refractivity (Wildman–Crippen MR) is 89.6 cm³/mol. The molecule has 24 heavy (non-hydrogen) atoms. The van der Waals surface area contributed by atoms with Crippen molar-refractivity contribution in [1.82, 2.24) is 15.1 Å². The van der Waals surface area contributed by atoms with Crippen LogP contribution in [0.4, 0.5) is 4.79 Å². The number of hydrogen-bond acceptors (Lipinski definition) is 3. The Morgan fingerprint density at radius 1 is 1.04 bits per heavy atom. The number of carboxylic acid groups (broad SMARTS) is 1. The molecule has 0 spiro atoms. The molecular formula is C17H29N3O4. The van der Waals surface area contributed by atoms with Crippen LogP contribution in [0, 0.1) is 5.92 Å². The highest BCUT2D eigenvalue weighted by Gasteiger charge is 2.41. The number of nitrogens with one attached hydrogen (secondary N) is 1. The molecule has 1 aliphatic heterocycles. The number of rotatable bonds is 3. The number of urea groups is 1. The maximum absolute atomic E-state index is 12.6. The molecule has 0 aromatic heterocycles. The molecule has 136 valence electrons. The number of aliphatic carboxylic acids is 1. The highest BCUT2D eigenvalue weighted by Crippen LogP contribution is 2.29. The maximum atomic E-state index is 12.6. The highest BCUT2D eigenvalue weighted by atomic mass is 16.4. The van der Waals surface area contributed by atoms with Crippen LogP contribution in [0.3, 0.4) is 0 Å². The summed E-state index contributed by atoms with van der Waals surface area (Å²) in [5, 5.41) is 12.5. The number of hydrogen-bond donors (Lipinski definition) is 2. The van der Waals surface area contributed by atoms with Gasteiger partial charge in [-0.1, -0.05) is 25.7 Å². The van der Waals surface area contributed by atoms with Crippen molar-refractivity contribution in [2.75, 3.05) is 27.2 Å². The van der Waals surface area contributed by atoms with Gasteiger partial charge >= 0.3 is 12.0 Å². The van der Waals surface area contributed by atoms with Crippen molar-refractivity contribution in [2.45, 2.75) is 56.9 Å². The average molecular weight is 339 g/mol. The first-order valence-electron chi connectivity index (χ1n) is 8.87. The van der Waals surface area contributed by atoms with Crippen LogP contribution in [0.5, 0.6) is 0 Å². The summed E-state index contributed by atoms with van der Waals surface area (Å²) in [6.45, 7) is 1.07. The second-order valence-corrected chi connectivity index (χ2v) is 7.23. The molecule has 0 bridgehead atoms.